The van der Waals surface area contributed by atoms with E-state index in [1.165, 1.54) is 14.6 Å². The number of hydrogen-bond donors (Lipinski definition) is 1. The zero-order valence-corrected chi connectivity index (χ0v) is 13.6. The van der Waals surface area contributed by atoms with Crippen molar-refractivity contribution >= 4 is 28.6 Å². The van der Waals surface area contributed by atoms with Gasteiger partial charge in [0.1, 0.15) is 0 Å². The van der Waals surface area contributed by atoms with Crippen molar-refractivity contribution in [2.45, 2.75) is 25.8 Å². The Morgan fingerprint density at radius 3 is 2.57 bits per heavy atom. The van der Waals surface area contributed by atoms with Crippen molar-refractivity contribution < 1.29 is 9.90 Å². The van der Waals surface area contributed by atoms with Crippen LogP contribution in [0.1, 0.15) is 33.5 Å². The molecule has 1 aliphatic rings. The number of aryl methyl sites for hydroxylation is 1. The quantitative estimate of drug-likeness (QED) is 0.925. The third kappa shape index (κ3) is 3.20. The second-order valence-electron chi connectivity index (χ2n) is 5.51. The van der Waals surface area contributed by atoms with Gasteiger partial charge in [-0.25, -0.2) is 0 Å². The van der Waals surface area contributed by atoms with Crippen LogP contribution in [0.3, 0.4) is 0 Å². The second-order valence-corrected chi connectivity index (χ2v) is 7.81. The van der Waals surface area contributed by atoms with E-state index in [0.717, 1.165) is 25.9 Å². The number of likely N-dealkylation sites (tertiary alicyclic amines) is 1. The molecule has 1 atom stereocenters. The van der Waals surface area contributed by atoms with Gasteiger partial charge < -0.3 is 5.11 Å². The number of aliphatic carboxylic acids is 1. The number of rotatable bonds is 4. The predicted molar refractivity (Wildman–Crippen MR) is 87.2 cm³/mol. The van der Waals surface area contributed by atoms with Crippen molar-refractivity contribution in [1.29, 1.82) is 0 Å². The highest BCUT2D eigenvalue weighted by molar-refractivity contribution is 7.12. The van der Waals surface area contributed by atoms with Gasteiger partial charge in [0.2, 0.25) is 0 Å². The maximum atomic E-state index is 11.1. The molecule has 0 aromatic carbocycles. The topological polar surface area (TPSA) is 40.5 Å². The predicted octanol–water partition coefficient (Wildman–Crippen LogP) is 4.00. The van der Waals surface area contributed by atoms with Gasteiger partial charge in [0.05, 0.1) is 12.0 Å². The maximum Gasteiger partial charge on any atom is 0.306 e. The van der Waals surface area contributed by atoms with Gasteiger partial charge in [-0.2, -0.15) is 0 Å². The SMILES string of the molecule is Cc1ccc(C(c2cccs2)N2CCC(C(=O)O)CC2)s1. The minimum Gasteiger partial charge on any atom is -0.481 e. The first-order chi connectivity index (χ1) is 10.1. The zero-order chi connectivity index (χ0) is 14.8. The average molecular weight is 321 g/mol. The highest BCUT2D eigenvalue weighted by Gasteiger charge is 2.31. The first kappa shape index (κ1) is 14.8. The van der Waals surface area contributed by atoms with Crippen molar-refractivity contribution in [3.05, 3.63) is 44.3 Å². The van der Waals surface area contributed by atoms with Crippen LogP contribution < -0.4 is 0 Å². The minimum atomic E-state index is -0.644. The van der Waals surface area contributed by atoms with E-state index in [0.29, 0.717) is 6.04 Å². The molecule has 112 valence electrons. The molecule has 0 saturated carbocycles. The summed E-state index contributed by atoms with van der Waals surface area (Å²) in [6.45, 7) is 3.85. The van der Waals surface area contributed by atoms with Crippen LogP contribution in [0.15, 0.2) is 29.6 Å². The highest BCUT2D eigenvalue weighted by Crippen LogP contribution is 2.37. The van der Waals surface area contributed by atoms with E-state index in [-0.39, 0.29) is 5.92 Å². The smallest absolute Gasteiger partial charge is 0.306 e. The molecule has 2 aromatic heterocycles. The molecule has 1 fully saturated rings. The summed E-state index contributed by atoms with van der Waals surface area (Å²) < 4.78 is 0. The molecule has 0 aliphatic carbocycles. The summed E-state index contributed by atoms with van der Waals surface area (Å²) in [4.78, 5) is 17.6. The summed E-state index contributed by atoms with van der Waals surface area (Å²) in [7, 11) is 0. The summed E-state index contributed by atoms with van der Waals surface area (Å²) in [5, 5.41) is 11.3. The van der Waals surface area contributed by atoms with Gasteiger partial charge in [0.25, 0.3) is 0 Å². The summed E-state index contributed by atoms with van der Waals surface area (Å²) in [5.74, 6) is -0.815. The van der Waals surface area contributed by atoms with E-state index >= 15 is 0 Å². The molecule has 21 heavy (non-hydrogen) atoms. The summed E-state index contributed by atoms with van der Waals surface area (Å²) >= 11 is 3.63. The van der Waals surface area contributed by atoms with Gasteiger partial charge in [-0.3, -0.25) is 9.69 Å². The number of hydrogen-bond acceptors (Lipinski definition) is 4. The Bertz CT molecular complexity index is 598. The molecule has 3 rings (SSSR count). The van der Waals surface area contributed by atoms with Gasteiger partial charge in [0, 0.05) is 14.6 Å². The van der Waals surface area contributed by atoms with Crippen LogP contribution >= 0.6 is 22.7 Å². The Labute approximate surface area is 132 Å². The fourth-order valence-corrected chi connectivity index (χ4v) is 4.93. The van der Waals surface area contributed by atoms with Gasteiger partial charge in [-0.15, -0.1) is 22.7 Å². The molecule has 0 radical (unpaired) electrons. The number of thiophene rings is 2. The Kier molecular flexibility index (Phi) is 4.42. The van der Waals surface area contributed by atoms with Crippen LogP contribution in [-0.2, 0) is 4.79 Å². The minimum absolute atomic E-state index is 0.171. The fourth-order valence-electron chi connectivity index (χ4n) is 2.95. The third-order valence-electron chi connectivity index (χ3n) is 4.09. The lowest BCUT2D eigenvalue weighted by atomic mass is 9.95. The Hall–Kier alpha value is -1.17. The standard InChI is InChI=1S/C16H19NO2S2/c1-11-4-5-14(21-11)15(13-3-2-10-20-13)17-8-6-12(7-9-17)16(18)19/h2-5,10,12,15H,6-9H2,1H3,(H,18,19). The molecule has 1 saturated heterocycles. The summed E-state index contributed by atoms with van der Waals surface area (Å²) in [6, 6.07) is 8.96. The molecule has 0 spiro atoms. The largest absolute Gasteiger partial charge is 0.481 e. The van der Waals surface area contributed by atoms with E-state index in [4.69, 9.17) is 5.11 Å². The first-order valence-electron chi connectivity index (χ1n) is 7.22. The average Bonchev–Trinajstić information content (AvgIpc) is 3.12. The lowest BCUT2D eigenvalue weighted by Crippen LogP contribution is -2.38. The van der Waals surface area contributed by atoms with E-state index < -0.39 is 5.97 Å². The van der Waals surface area contributed by atoms with E-state index in [9.17, 15) is 4.79 Å². The van der Waals surface area contributed by atoms with Crippen LogP contribution in [0.5, 0.6) is 0 Å². The first-order valence-corrected chi connectivity index (χ1v) is 8.91. The van der Waals surface area contributed by atoms with E-state index in [2.05, 4.69) is 41.5 Å². The van der Waals surface area contributed by atoms with Crippen LogP contribution in [0.4, 0.5) is 0 Å². The molecule has 0 bridgehead atoms. The van der Waals surface area contributed by atoms with Crippen molar-refractivity contribution in [2.75, 3.05) is 13.1 Å². The number of carbonyl (C=O) groups is 1. The van der Waals surface area contributed by atoms with Crippen molar-refractivity contribution in [2.24, 2.45) is 5.92 Å². The van der Waals surface area contributed by atoms with Crippen molar-refractivity contribution in [3.63, 3.8) is 0 Å². The van der Waals surface area contributed by atoms with E-state index in [1.54, 1.807) is 11.3 Å². The van der Waals surface area contributed by atoms with Crippen molar-refractivity contribution in [3.8, 4) is 0 Å². The Morgan fingerprint density at radius 2 is 2.05 bits per heavy atom. The molecular formula is C16H19NO2S2. The monoisotopic (exact) mass is 321 g/mol. The molecule has 5 heteroatoms. The zero-order valence-electron chi connectivity index (χ0n) is 12.0. The van der Waals surface area contributed by atoms with Crippen molar-refractivity contribution in [1.82, 2.24) is 4.90 Å². The fraction of sp³-hybridized carbons (Fsp3) is 0.438. The van der Waals surface area contributed by atoms with Gasteiger partial charge >= 0.3 is 5.97 Å². The molecular weight excluding hydrogens is 302 g/mol. The van der Waals surface area contributed by atoms with E-state index in [1.807, 2.05) is 11.3 Å². The molecule has 3 heterocycles. The Balaban J connectivity index is 1.82. The number of carboxylic acids is 1. The number of piperidine rings is 1. The maximum absolute atomic E-state index is 11.1. The van der Waals surface area contributed by atoms with Gasteiger partial charge in [-0.1, -0.05) is 6.07 Å². The summed E-state index contributed by atoms with van der Waals surface area (Å²) in [6.07, 6.45) is 1.50. The lowest BCUT2D eigenvalue weighted by Gasteiger charge is -2.35. The molecule has 2 aromatic rings. The Morgan fingerprint density at radius 1 is 1.29 bits per heavy atom. The number of carboxylic acid groups (broad SMARTS) is 1. The van der Waals surface area contributed by atoms with Gasteiger partial charge in [-0.05, 0) is 56.4 Å². The summed E-state index contributed by atoms with van der Waals surface area (Å²) in [5.41, 5.74) is 0. The highest BCUT2D eigenvalue weighted by atomic mass is 32.1. The lowest BCUT2D eigenvalue weighted by molar-refractivity contribution is -0.143. The van der Waals surface area contributed by atoms with Gasteiger partial charge in [0.15, 0.2) is 0 Å². The molecule has 1 aliphatic heterocycles. The number of nitrogens with zero attached hydrogens (tertiary/aromatic N) is 1. The molecule has 0 amide bonds. The van der Waals surface area contributed by atoms with Crippen LogP contribution in [0.2, 0.25) is 0 Å². The third-order valence-corrected chi connectivity index (χ3v) is 6.07. The molecule has 1 N–H and O–H groups in total. The van der Waals surface area contributed by atoms with Crippen LogP contribution in [-0.4, -0.2) is 29.1 Å². The van der Waals surface area contributed by atoms with Crippen LogP contribution in [0, 0.1) is 12.8 Å². The second kappa shape index (κ2) is 6.30. The molecule has 3 nitrogen and oxygen atoms in total. The molecule has 1 unspecified atom stereocenters. The van der Waals surface area contributed by atoms with Crippen LogP contribution in [0.25, 0.3) is 0 Å². The normalized spacial score (nSPS) is 18.7.